The van der Waals surface area contributed by atoms with Gasteiger partial charge in [-0.15, -0.1) is 6.58 Å². The van der Waals surface area contributed by atoms with Crippen molar-refractivity contribution >= 4 is 6.09 Å². The van der Waals surface area contributed by atoms with E-state index in [9.17, 15) is 18.0 Å². The van der Waals surface area contributed by atoms with E-state index in [4.69, 9.17) is 0 Å². The van der Waals surface area contributed by atoms with Gasteiger partial charge in [0.2, 0.25) is 0 Å². The van der Waals surface area contributed by atoms with E-state index < -0.39 is 18.9 Å². The van der Waals surface area contributed by atoms with Crippen LogP contribution < -0.4 is 5.32 Å². The highest BCUT2D eigenvalue weighted by Crippen LogP contribution is 2.14. The van der Waals surface area contributed by atoms with Gasteiger partial charge in [0.25, 0.3) is 0 Å². The van der Waals surface area contributed by atoms with Crippen LogP contribution in [0.3, 0.4) is 0 Å². The quantitative estimate of drug-likeness (QED) is 0.672. The highest BCUT2D eigenvalue weighted by atomic mass is 19.4. The number of ether oxygens (including phenoxy) is 1. The van der Waals surface area contributed by atoms with Crippen molar-refractivity contribution in [2.24, 2.45) is 0 Å². The lowest BCUT2D eigenvalue weighted by atomic mass is 10.6. The minimum atomic E-state index is -4.48. The Hall–Kier alpha value is -1.20. The number of alkyl carbamates (subject to hydrolysis) is 1. The van der Waals surface area contributed by atoms with Gasteiger partial charge in [-0.2, -0.15) is 13.2 Å². The minimum absolute atomic E-state index is 0.0801. The zero-order valence-corrected chi connectivity index (χ0v) is 6.15. The molecule has 0 heterocycles. The summed E-state index contributed by atoms with van der Waals surface area (Å²) < 4.78 is 38.0. The molecule has 1 amide bonds. The third kappa shape index (κ3) is 6.91. The molecule has 1 N–H and O–H groups in total. The topological polar surface area (TPSA) is 38.3 Å². The molecule has 0 aliphatic carbocycles. The number of carbonyl (C=O) groups excluding carboxylic acids is 1. The molecule has 6 heteroatoms. The van der Waals surface area contributed by atoms with Gasteiger partial charge < -0.3 is 10.1 Å². The Kier molecular flexibility index (Phi) is 4.17. The zero-order valence-electron chi connectivity index (χ0n) is 6.15. The summed E-state index contributed by atoms with van der Waals surface area (Å²) >= 11 is 0. The molecule has 0 aromatic carbocycles. The maximum Gasteiger partial charge on any atom is 0.422 e. The van der Waals surface area contributed by atoms with Crippen LogP contribution in [-0.2, 0) is 4.74 Å². The number of amides is 1. The van der Waals surface area contributed by atoms with Crippen LogP contribution in [0.5, 0.6) is 0 Å². The third-order valence-corrected chi connectivity index (χ3v) is 0.758. The number of hydrogen-bond acceptors (Lipinski definition) is 2. The summed E-state index contributed by atoms with van der Waals surface area (Å²) in [7, 11) is 0. The third-order valence-electron chi connectivity index (χ3n) is 0.758. The molecule has 0 atom stereocenters. The standard InChI is InChI=1S/C6H8F3NO2/c1-2-3-10-5(11)12-4-6(7,8)9/h2H,1,3-4H2,(H,10,11). The Bertz CT molecular complexity index is 167. The molecule has 0 aromatic heterocycles. The first-order valence-electron chi connectivity index (χ1n) is 3.04. The Morgan fingerprint density at radius 2 is 2.17 bits per heavy atom. The van der Waals surface area contributed by atoms with Crippen LogP contribution in [0, 0.1) is 0 Å². The summed E-state index contributed by atoms with van der Waals surface area (Å²) in [5.41, 5.74) is 0. The highest BCUT2D eigenvalue weighted by molar-refractivity contribution is 5.67. The van der Waals surface area contributed by atoms with Crippen molar-refractivity contribution in [3.63, 3.8) is 0 Å². The number of halogens is 3. The van der Waals surface area contributed by atoms with Gasteiger partial charge in [-0.3, -0.25) is 0 Å². The van der Waals surface area contributed by atoms with E-state index in [1.165, 1.54) is 6.08 Å². The fourth-order valence-electron chi connectivity index (χ4n) is 0.354. The molecule has 0 saturated carbocycles. The molecular formula is C6H8F3NO2. The van der Waals surface area contributed by atoms with Gasteiger partial charge in [0.05, 0.1) is 0 Å². The van der Waals surface area contributed by atoms with E-state index in [0.717, 1.165) is 0 Å². The SMILES string of the molecule is C=CCNC(=O)OCC(F)(F)F. The van der Waals surface area contributed by atoms with Crippen molar-refractivity contribution in [2.75, 3.05) is 13.2 Å². The van der Waals surface area contributed by atoms with Crippen LogP contribution in [0.1, 0.15) is 0 Å². The lowest BCUT2D eigenvalue weighted by Crippen LogP contribution is -2.28. The molecule has 0 fully saturated rings. The molecule has 0 bridgehead atoms. The van der Waals surface area contributed by atoms with Gasteiger partial charge in [0.1, 0.15) is 0 Å². The molecule has 0 aliphatic heterocycles. The van der Waals surface area contributed by atoms with Crippen LogP contribution in [0.4, 0.5) is 18.0 Å². The molecule has 70 valence electrons. The minimum Gasteiger partial charge on any atom is -0.440 e. The average Bonchev–Trinajstić information content (AvgIpc) is 1.95. The van der Waals surface area contributed by atoms with E-state index in [-0.39, 0.29) is 6.54 Å². The average molecular weight is 183 g/mol. The number of rotatable bonds is 3. The van der Waals surface area contributed by atoms with Gasteiger partial charge in [0.15, 0.2) is 6.61 Å². The molecule has 0 rings (SSSR count). The zero-order chi connectivity index (χ0) is 9.61. The lowest BCUT2D eigenvalue weighted by Gasteiger charge is -2.07. The van der Waals surface area contributed by atoms with E-state index in [0.29, 0.717) is 0 Å². The van der Waals surface area contributed by atoms with Crippen molar-refractivity contribution in [3.05, 3.63) is 12.7 Å². The highest BCUT2D eigenvalue weighted by Gasteiger charge is 2.29. The summed E-state index contributed by atoms with van der Waals surface area (Å²) in [5, 5.41) is 2.03. The second kappa shape index (κ2) is 4.63. The predicted molar refractivity (Wildman–Crippen MR) is 35.6 cm³/mol. The summed E-state index contributed by atoms with van der Waals surface area (Å²) in [6.45, 7) is 1.76. The largest absolute Gasteiger partial charge is 0.440 e. The van der Waals surface area contributed by atoms with E-state index in [1.807, 2.05) is 5.32 Å². The Labute approximate surface area is 67.2 Å². The fourth-order valence-corrected chi connectivity index (χ4v) is 0.354. The van der Waals surface area contributed by atoms with Gasteiger partial charge in [-0.25, -0.2) is 4.79 Å². The van der Waals surface area contributed by atoms with Crippen LogP contribution in [0.2, 0.25) is 0 Å². The van der Waals surface area contributed by atoms with Crippen LogP contribution >= 0.6 is 0 Å². The first-order chi connectivity index (χ1) is 5.45. The number of nitrogens with one attached hydrogen (secondary N) is 1. The summed E-state index contributed by atoms with van der Waals surface area (Å²) in [5.74, 6) is 0. The molecule has 0 aliphatic rings. The number of alkyl halides is 3. The van der Waals surface area contributed by atoms with E-state index >= 15 is 0 Å². The second-order valence-corrected chi connectivity index (χ2v) is 1.86. The molecule has 0 radical (unpaired) electrons. The summed E-state index contributed by atoms with van der Waals surface area (Å²) in [6.07, 6.45) is -4.26. The summed E-state index contributed by atoms with van der Waals surface area (Å²) in [6, 6.07) is 0. The first-order valence-corrected chi connectivity index (χ1v) is 3.04. The Balaban J connectivity index is 3.51. The van der Waals surface area contributed by atoms with Crippen molar-refractivity contribution in [3.8, 4) is 0 Å². The molecule has 0 spiro atoms. The predicted octanol–water partition coefficient (Wildman–Crippen LogP) is 1.46. The van der Waals surface area contributed by atoms with Gasteiger partial charge in [-0.05, 0) is 0 Å². The normalized spacial score (nSPS) is 10.6. The number of carbonyl (C=O) groups is 1. The van der Waals surface area contributed by atoms with Gasteiger partial charge in [-0.1, -0.05) is 6.08 Å². The maximum atomic E-state index is 11.4. The van der Waals surface area contributed by atoms with Crippen LogP contribution in [-0.4, -0.2) is 25.4 Å². The van der Waals surface area contributed by atoms with Crippen molar-refractivity contribution < 1.29 is 22.7 Å². The molecule has 0 saturated heterocycles. The fraction of sp³-hybridized carbons (Fsp3) is 0.500. The van der Waals surface area contributed by atoms with E-state index in [2.05, 4.69) is 11.3 Å². The van der Waals surface area contributed by atoms with Crippen molar-refractivity contribution in [2.45, 2.75) is 6.18 Å². The van der Waals surface area contributed by atoms with E-state index in [1.54, 1.807) is 0 Å². The maximum absolute atomic E-state index is 11.4. The first kappa shape index (κ1) is 10.8. The Morgan fingerprint density at radius 3 is 2.58 bits per heavy atom. The molecule has 12 heavy (non-hydrogen) atoms. The van der Waals surface area contributed by atoms with Gasteiger partial charge in [0, 0.05) is 6.54 Å². The van der Waals surface area contributed by atoms with Gasteiger partial charge >= 0.3 is 12.3 Å². The molecular weight excluding hydrogens is 175 g/mol. The molecule has 0 aromatic rings. The second-order valence-electron chi connectivity index (χ2n) is 1.86. The summed E-state index contributed by atoms with van der Waals surface area (Å²) in [4.78, 5) is 10.4. The monoisotopic (exact) mass is 183 g/mol. The lowest BCUT2D eigenvalue weighted by molar-refractivity contribution is -0.160. The Morgan fingerprint density at radius 1 is 1.58 bits per heavy atom. The van der Waals surface area contributed by atoms with Crippen molar-refractivity contribution in [1.82, 2.24) is 5.32 Å². The smallest absolute Gasteiger partial charge is 0.422 e. The van der Waals surface area contributed by atoms with Crippen molar-refractivity contribution in [1.29, 1.82) is 0 Å². The molecule has 3 nitrogen and oxygen atoms in total. The van der Waals surface area contributed by atoms with Crippen LogP contribution in [0.15, 0.2) is 12.7 Å². The van der Waals surface area contributed by atoms with Crippen LogP contribution in [0.25, 0.3) is 0 Å². The molecule has 0 unspecified atom stereocenters. The number of hydrogen-bond donors (Lipinski definition) is 1.